The first-order valence-electron chi connectivity index (χ1n) is 9.28. The molecule has 3 aromatic heterocycles. The predicted molar refractivity (Wildman–Crippen MR) is 105 cm³/mol. The molecule has 4 atom stereocenters. The van der Waals surface area contributed by atoms with Crippen molar-refractivity contribution in [1.29, 1.82) is 0 Å². The van der Waals surface area contributed by atoms with Crippen LogP contribution in [-0.2, 0) is 4.74 Å². The van der Waals surface area contributed by atoms with Gasteiger partial charge in [-0.05, 0) is 24.3 Å². The van der Waals surface area contributed by atoms with Crippen LogP contribution in [0.15, 0.2) is 49.1 Å². The van der Waals surface area contributed by atoms with E-state index in [-0.39, 0.29) is 6.61 Å². The number of hydrogen-bond acceptors (Lipinski definition) is 8. The average Bonchev–Trinajstić information content (AvgIpc) is 3.29. The number of nitrogen functional groups attached to an aromatic ring is 1. The smallest absolute Gasteiger partial charge is 0.164 e. The summed E-state index contributed by atoms with van der Waals surface area (Å²) in [6.07, 6.45) is 0.139. The second kappa shape index (κ2) is 7.17. The van der Waals surface area contributed by atoms with Crippen molar-refractivity contribution in [2.75, 3.05) is 12.3 Å². The molecular weight excluding hydrogens is 393 g/mol. The zero-order valence-corrected chi connectivity index (χ0v) is 15.6. The van der Waals surface area contributed by atoms with Crippen LogP contribution in [0.25, 0.3) is 21.9 Å². The number of nitrogens with two attached hydrogens (primary N) is 1. The van der Waals surface area contributed by atoms with Gasteiger partial charge in [-0.3, -0.25) is 4.98 Å². The summed E-state index contributed by atoms with van der Waals surface area (Å²) < 4.78 is 26.5. The molecule has 0 amide bonds. The third kappa shape index (κ3) is 3.11. The summed E-state index contributed by atoms with van der Waals surface area (Å²) in [6.45, 7) is -0.00223. The quantitative estimate of drug-likeness (QED) is 0.460. The number of aromatic nitrogens is 4. The SMILES string of the molecule is Nc1ncnc2c1ccn2[C@@H]1O[C@H](COc2ccc3cc(F)cnc3c2)[C@@H](O)[C@H]1O. The number of pyridine rings is 1. The second-order valence-corrected chi connectivity index (χ2v) is 7.08. The van der Waals surface area contributed by atoms with E-state index in [0.717, 1.165) is 6.20 Å². The molecule has 0 aliphatic carbocycles. The molecule has 4 heterocycles. The Hall–Kier alpha value is -3.34. The maximum absolute atomic E-state index is 13.3. The van der Waals surface area contributed by atoms with Gasteiger partial charge < -0.3 is 30.0 Å². The van der Waals surface area contributed by atoms with Crippen LogP contribution >= 0.6 is 0 Å². The van der Waals surface area contributed by atoms with Gasteiger partial charge in [0.05, 0.1) is 17.1 Å². The zero-order valence-electron chi connectivity index (χ0n) is 15.6. The van der Waals surface area contributed by atoms with Crippen LogP contribution in [0.2, 0.25) is 0 Å². The molecule has 0 bridgehead atoms. The fraction of sp³-hybridized carbons (Fsp3) is 0.250. The van der Waals surface area contributed by atoms with Gasteiger partial charge in [0.25, 0.3) is 0 Å². The lowest BCUT2D eigenvalue weighted by atomic mass is 10.1. The molecule has 1 aliphatic rings. The highest BCUT2D eigenvalue weighted by Gasteiger charge is 2.44. The van der Waals surface area contributed by atoms with Crippen molar-refractivity contribution in [2.45, 2.75) is 24.5 Å². The molecular formula is C20H18FN5O4. The number of aliphatic hydroxyl groups excluding tert-OH is 2. The highest BCUT2D eigenvalue weighted by atomic mass is 19.1. The number of benzene rings is 1. The van der Waals surface area contributed by atoms with Gasteiger partial charge >= 0.3 is 0 Å². The summed E-state index contributed by atoms with van der Waals surface area (Å²) in [5.74, 6) is 0.391. The van der Waals surface area contributed by atoms with Gasteiger partial charge in [-0.2, -0.15) is 0 Å². The Kier molecular flexibility index (Phi) is 4.46. The summed E-state index contributed by atoms with van der Waals surface area (Å²) in [6, 6.07) is 8.15. The van der Waals surface area contributed by atoms with E-state index in [0.29, 0.717) is 33.5 Å². The molecule has 4 N–H and O–H groups in total. The Morgan fingerprint density at radius 3 is 2.87 bits per heavy atom. The molecule has 4 aromatic rings. The Morgan fingerprint density at radius 1 is 1.13 bits per heavy atom. The molecule has 0 saturated carbocycles. The van der Waals surface area contributed by atoms with Crippen LogP contribution in [0.1, 0.15) is 6.23 Å². The molecule has 1 aliphatic heterocycles. The fourth-order valence-corrected chi connectivity index (χ4v) is 3.64. The molecule has 154 valence electrons. The van der Waals surface area contributed by atoms with Crippen LogP contribution in [0.4, 0.5) is 10.2 Å². The van der Waals surface area contributed by atoms with Crippen molar-refractivity contribution in [3.05, 3.63) is 54.9 Å². The van der Waals surface area contributed by atoms with Crippen molar-refractivity contribution in [3.8, 4) is 5.75 Å². The van der Waals surface area contributed by atoms with Gasteiger partial charge in [-0.25, -0.2) is 14.4 Å². The number of ether oxygens (including phenoxy) is 2. The zero-order chi connectivity index (χ0) is 20.8. The Labute approximate surface area is 169 Å². The summed E-state index contributed by atoms with van der Waals surface area (Å²) in [5, 5.41) is 22.3. The summed E-state index contributed by atoms with van der Waals surface area (Å²) >= 11 is 0. The lowest BCUT2D eigenvalue weighted by Crippen LogP contribution is -2.34. The van der Waals surface area contributed by atoms with E-state index in [1.165, 1.54) is 12.4 Å². The summed E-state index contributed by atoms with van der Waals surface area (Å²) in [5.41, 5.74) is 6.93. The lowest BCUT2D eigenvalue weighted by molar-refractivity contribution is -0.0471. The minimum atomic E-state index is -1.19. The van der Waals surface area contributed by atoms with Gasteiger partial charge in [0.15, 0.2) is 6.23 Å². The minimum absolute atomic E-state index is 0.00223. The molecule has 1 aromatic carbocycles. The fourth-order valence-electron chi connectivity index (χ4n) is 3.64. The first kappa shape index (κ1) is 18.7. The van der Waals surface area contributed by atoms with E-state index in [4.69, 9.17) is 15.2 Å². The third-order valence-corrected chi connectivity index (χ3v) is 5.19. The number of aliphatic hydroxyl groups is 2. The van der Waals surface area contributed by atoms with Gasteiger partial charge in [-0.1, -0.05) is 0 Å². The molecule has 30 heavy (non-hydrogen) atoms. The third-order valence-electron chi connectivity index (χ3n) is 5.19. The first-order chi connectivity index (χ1) is 14.5. The number of fused-ring (bicyclic) bond motifs is 2. The first-order valence-corrected chi connectivity index (χ1v) is 9.28. The van der Waals surface area contributed by atoms with Gasteiger partial charge in [0.2, 0.25) is 0 Å². The summed E-state index contributed by atoms with van der Waals surface area (Å²) in [7, 11) is 0. The largest absolute Gasteiger partial charge is 0.491 e. The van der Waals surface area contributed by atoms with Crippen LogP contribution < -0.4 is 10.5 Å². The Morgan fingerprint density at radius 2 is 2.00 bits per heavy atom. The van der Waals surface area contributed by atoms with Crippen LogP contribution in [0, 0.1) is 5.82 Å². The second-order valence-electron chi connectivity index (χ2n) is 7.08. The molecule has 1 fully saturated rings. The van der Waals surface area contributed by atoms with Gasteiger partial charge in [-0.15, -0.1) is 0 Å². The van der Waals surface area contributed by atoms with E-state index in [9.17, 15) is 14.6 Å². The number of hydrogen-bond donors (Lipinski definition) is 3. The predicted octanol–water partition coefficient (Wildman–Crippen LogP) is 1.40. The molecule has 10 heteroatoms. The summed E-state index contributed by atoms with van der Waals surface area (Å²) in [4.78, 5) is 12.2. The normalized spacial score (nSPS) is 24.0. The molecule has 0 spiro atoms. The maximum atomic E-state index is 13.3. The van der Waals surface area contributed by atoms with Crippen molar-refractivity contribution in [3.63, 3.8) is 0 Å². The molecule has 0 radical (unpaired) electrons. The highest BCUT2D eigenvalue weighted by molar-refractivity contribution is 5.86. The van der Waals surface area contributed by atoms with E-state index >= 15 is 0 Å². The van der Waals surface area contributed by atoms with Crippen molar-refractivity contribution >= 4 is 27.8 Å². The van der Waals surface area contributed by atoms with Crippen molar-refractivity contribution in [2.24, 2.45) is 0 Å². The standard InChI is InChI=1S/C20H18FN5O4/c21-11-5-10-1-2-12(6-14(10)23-7-11)29-8-15-16(27)17(28)20(30-15)26-4-3-13-18(22)24-9-25-19(13)26/h1-7,9,15-17,20,27-28H,8H2,(H2,22,24,25)/t15-,16-,17-,20-/m1/s1. The van der Waals surface area contributed by atoms with E-state index < -0.39 is 30.4 Å². The van der Waals surface area contributed by atoms with Crippen molar-refractivity contribution < 1.29 is 24.1 Å². The number of halogens is 1. The number of rotatable bonds is 4. The Bertz CT molecular complexity index is 1230. The van der Waals surface area contributed by atoms with E-state index in [2.05, 4.69) is 15.0 Å². The average molecular weight is 411 g/mol. The minimum Gasteiger partial charge on any atom is -0.491 e. The molecule has 5 rings (SSSR count). The van der Waals surface area contributed by atoms with Crippen LogP contribution in [-0.4, -0.2) is 54.7 Å². The van der Waals surface area contributed by atoms with E-state index in [1.807, 2.05) is 0 Å². The topological polar surface area (TPSA) is 129 Å². The van der Waals surface area contributed by atoms with Crippen LogP contribution in [0.5, 0.6) is 5.75 Å². The maximum Gasteiger partial charge on any atom is 0.164 e. The monoisotopic (exact) mass is 411 g/mol. The number of anilines is 1. The highest BCUT2D eigenvalue weighted by Crippen LogP contribution is 2.33. The van der Waals surface area contributed by atoms with Gasteiger partial charge in [0, 0.05) is 17.6 Å². The van der Waals surface area contributed by atoms with Crippen LogP contribution in [0.3, 0.4) is 0 Å². The lowest BCUT2D eigenvalue weighted by Gasteiger charge is -2.17. The molecule has 9 nitrogen and oxygen atoms in total. The number of nitrogens with zero attached hydrogens (tertiary/aromatic N) is 4. The van der Waals surface area contributed by atoms with Gasteiger partial charge in [0.1, 0.15) is 54.3 Å². The van der Waals surface area contributed by atoms with Crippen molar-refractivity contribution in [1.82, 2.24) is 19.5 Å². The molecule has 1 saturated heterocycles. The van der Waals surface area contributed by atoms with E-state index in [1.54, 1.807) is 35.0 Å². The molecule has 0 unspecified atom stereocenters. The Balaban J connectivity index is 1.33.